The minimum absolute atomic E-state index is 0.0336. The minimum Gasteiger partial charge on any atom is -0.361 e. The van der Waals surface area contributed by atoms with E-state index < -0.39 is 0 Å². The number of likely N-dealkylation sites (tertiary alicyclic amines) is 1. The Kier molecular flexibility index (Phi) is 4.22. The van der Waals surface area contributed by atoms with E-state index in [4.69, 9.17) is 0 Å². The van der Waals surface area contributed by atoms with Crippen molar-refractivity contribution in [3.05, 3.63) is 36.0 Å². The molecule has 24 heavy (non-hydrogen) atoms. The zero-order valence-corrected chi connectivity index (χ0v) is 14.3. The first-order valence-corrected chi connectivity index (χ1v) is 9.64. The summed E-state index contributed by atoms with van der Waals surface area (Å²) < 4.78 is 0. The lowest BCUT2D eigenvalue weighted by atomic mass is 10.1. The summed E-state index contributed by atoms with van der Waals surface area (Å²) in [5, 5.41) is 1.09. The first kappa shape index (κ1) is 15.6. The zero-order chi connectivity index (χ0) is 16.5. The highest BCUT2D eigenvalue weighted by Crippen LogP contribution is 2.24. The number of hydrogen-bond donors (Lipinski definition) is 1. The van der Waals surface area contributed by atoms with Crippen LogP contribution in [0.1, 0.15) is 23.2 Å². The molecule has 0 aliphatic carbocycles. The Balaban J connectivity index is 1.54. The molecular formula is C18H21N3O2S. The molecule has 0 saturated carbocycles. The van der Waals surface area contributed by atoms with E-state index in [2.05, 4.69) is 4.98 Å². The van der Waals surface area contributed by atoms with E-state index in [9.17, 15) is 9.59 Å². The van der Waals surface area contributed by atoms with Gasteiger partial charge in [-0.15, -0.1) is 0 Å². The van der Waals surface area contributed by atoms with E-state index in [1.807, 2.05) is 47.1 Å². The fourth-order valence-corrected chi connectivity index (χ4v) is 4.51. The third-order valence-corrected chi connectivity index (χ3v) is 5.87. The maximum Gasteiger partial charge on any atom is 0.254 e. The van der Waals surface area contributed by atoms with Crippen LogP contribution in [-0.4, -0.2) is 63.8 Å². The summed E-state index contributed by atoms with van der Waals surface area (Å²) in [5.41, 5.74) is 1.61. The number of H-pyrrole nitrogens is 1. The normalized spacial score (nSPS) is 21.4. The molecular weight excluding hydrogens is 322 g/mol. The number of thioether (sulfide) groups is 1. The standard InChI is InChI=1S/C18H21N3O2S/c22-17(14-4-3-13-5-6-19-15(13)12-14)21-7-1-2-16(21)18(23)20-8-10-24-11-9-20/h3-6,12,16,19H,1-2,7-11H2/t16-/m1/s1. The molecule has 2 amide bonds. The lowest BCUT2D eigenvalue weighted by Crippen LogP contribution is -2.50. The Morgan fingerprint density at radius 3 is 2.79 bits per heavy atom. The lowest BCUT2D eigenvalue weighted by Gasteiger charge is -2.32. The summed E-state index contributed by atoms with van der Waals surface area (Å²) >= 11 is 1.89. The third-order valence-electron chi connectivity index (χ3n) is 4.92. The predicted molar refractivity (Wildman–Crippen MR) is 96.3 cm³/mol. The second kappa shape index (κ2) is 6.51. The fraction of sp³-hybridized carbons (Fsp3) is 0.444. The molecule has 1 N–H and O–H groups in total. The Morgan fingerprint density at radius 2 is 1.96 bits per heavy atom. The number of nitrogens with one attached hydrogen (secondary N) is 1. The van der Waals surface area contributed by atoms with Crippen LogP contribution in [0.25, 0.3) is 10.9 Å². The Labute approximate surface area is 145 Å². The van der Waals surface area contributed by atoms with Crippen LogP contribution in [0.3, 0.4) is 0 Å². The monoisotopic (exact) mass is 343 g/mol. The Hall–Kier alpha value is -1.95. The van der Waals surface area contributed by atoms with Crippen molar-refractivity contribution < 1.29 is 9.59 Å². The van der Waals surface area contributed by atoms with Gasteiger partial charge in [-0.2, -0.15) is 11.8 Å². The molecule has 1 aromatic heterocycles. The van der Waals surface area contributed by atoms with E-state index >= 15 is 0 Å². The molecule has 2 saturated heterocycles. The van der Waals surface area contributed by atoms with Gasteiger partial charge in [-0.1, -0.05) is 6.07 Å². The summed E-state index contributed by atoms with van der Waals surface area (Å²) in [6, 6.07) is 7.39. The largest absolute Gasteiger partial charge is 0.361 e. The quantitative estimate of drug-likeness (QED) is 0.911. The molecule has 2 aliphatic heterocycles. The highest BCUT2D eigenvalue weighted by atomic mass is 32.2. The molecule has 1 aromatic carbocycles. The number of fused-ring (bicyclic) bond motifs is 1. The number of aromatic amines is 1. The molecule has 0 unspecified atom stereocenters. The van der Waals surface area contributed by atoms with Crippen molar-refractivity contribution in [2.24, 2.45) is 0 Å². The number of hydrogen-bond acceptors (Lipinski definition) is 3. The second-order valence-corrected chi connectivity index (χ2v) is 7.60. The summed E-state index contributed by atoms with van der Waals surface area (Å²) in [5.74, 6) is 2.09. The number of aromatic nitrogens is 1. The van der Waals surface area contributed by atoms with Gasteiger partial charge in [0.15, 0.2) is 0 Å². The van der Waals surface area contributed by atoms with E-state index in [1.165, 1.54) is 0 Å². The van der Waals surface area contributed by atoms with Gasteiger partial charge in [0.1, 0.15) is 6.04 Å². The second-order valence-electron chi connectivity index (χ2n) is 6.37. The van der Waals surface area contributed by atoms with Crippen LogP contribution in [0, 0.1) is 0 Å². The maximum atomic E-state index is 12.9. The van der Waals surface area contributed by atoms with Crippen molar-refractivity contribution in [2.75, 3.05) is 31.1 Å². The average molecular weight is 343 g/mol. The molecule has 126 valence electrons. The van der Waals surface area contributed by atoms with Gasteiger partial charge in [0.2, 0.25) is 5.91 Å². The van der Waals surface area contributed by atoms with Gasteiger partial charge >= 0.3 is 0 Å². The topological polar surface area (TPSA) is 56.4 Å². The maximum absolute atomic E-state index is 12.9. The number of benzene rings is 1. The number of carbonyl (C=O) groups excluding carboxylic acids is 2. The highest BCUT2D eigenvalue weighted by Gasteiger charge is 2.37. The molecule has 0 spiro atoms. The van der Waals surface area contributed by atoms with Gasteiger partial charge in [-0.3, -0.25) is 9.59 Å². The smallest absolute Gasteiger partial charge is 0.254 e. The molecule has 1 atom stereocenters. The third kappa shape index (κ3) is 2.79. The fourth-order valence-electron chi connectivity index (χ4n) is 3.61. The molecule has 2 fully saturated rings. The molecule has 2 aliphatic rings. The molecule has 3 heterocycles. The molecule has 4 rings (SSSR count). The summed E-state index contributed by atoms with van der Waals surface area (Å²) in [6.45, 7) is 2.27. The molecule has 6 heteroatoms. The van der Waals surface area contributed by atoms with Crippen LogP contribution in [0.2, 0.25) is 0 Å². The minimum atomic E-state index is -0.292. The average Bonchev–Trinajstić information content (AvgIpc) is 3.29. The predicted octanol–water partition coefficient (Wildman–Crippen LogP) is 2.35. The Morgan fingerprint density at radius 1 is 1.12 bits per heavy atom. The van der Waals surface area contributed by atoms with Crippen LogP contribution in [-0.2, 0) is 4.79 Å². The van der Waals surface area contributed by atoms with Gasteiger partial charge in [0.25, 0.3) is 5.91 Å². The molecule has 2 aromatic rings. The van der Waals surface area contributed by atoms with Crippen LogP contribution < -0.4 is 0 Å². The highest BCUT2D eigenvalue weighted by molar-refractivity contribution is 7.99. The van der Waals surface area contributed by atoms with Crippen molar-refractivity contribution in [1.82, 2.24) is 14.8 Å². The summed E-state index contributed by atoms with van der Waals surface area (Å²) in [7, 11) is 0. The number of amides is 2. The Bertz CT molecular complexity index is 766. The lowest BCUT2D eigenvalue weighted by molar-refractivity contribution is -0.134. The number of nitrogens with zero attached hydrogens (tertiary/aromatic N) is 2. The molecule has 0 bridgehead atoms. The van der Waals surface area contributed by atoms with Crippen LogP contribution in [0.5, 0.6) is 0 Å². The van der Waals surface area contributed by atoms with E-state index in [1.54, 1.807) is 4.90 Å². The van der Waals surface area contributed by atoms with Gasteiger partial charge in [0, 0.05) is 48.4 Å². The van der Waals surface area contributed by atoms with Gasteiger partial charge in [-0.25, -0.2) is 0 Å². The number of rotatable bonds is 2. The zero-order valence-electron chi connectivity index (χ0n) is 13.5. The summed E-state index contributed by atoms with van der Waals surface area (Å²) in [6.07, 6.45) is 3.55. The van der Waals surface area contributed by atoms with E-state index in [0.29, 0.717) is 12.1 Å². The van der Waals surface area contributed by atoms with Crippen molar-refractivity contribution in [3.63, 3.8) is 0 Å². The van der Waals surface area contributed by atoms with Gasteiger partial charge in [0.05, 0.1) is 0 Å². The van der Waals surface area contributed by atoms with Crippen molar-refractivity contribution in [3.8, 4) is 0 Å². The first-order chi connectivity index (χ1) is 11.7. The van der Waals surface area contributed by atoms with Crippen molar-refractivity contribution in [2.45, 2.75) is 18.9 Å². The molecule has 5 nitrogen and oxygen atoms in total. The van der Waals surface area contributed by atoms with Crippen molar-refractivity contribution in [1.29, 1.82) is 0 Å². The van der Waals surface area contributed by atoms with Crippen LogP contribution in [0.15, 0.2) is 30.5 Å². The van der Waals surface area contributed by atoms with E-state index in [0.717, 1.165) is 48.3 Å². The summed E-state index contributed by atoms with van der Waals surface area (Å²) in [4.78, 5) is 32.6. The first-order valence-electron chi connectivity index (χ1n) is 8.49. The van der Waals surface area contributed by atoms with Crippen molar-refractivity contribution >= 4 is 34.5 Å². The van der Waals surface area contributed by atoms with Gasteiger partial charge in [-0.05, 0) is 36.4 Å². The van der Waals surface area contributed by atoms with E-state index in [-0.39, 0.29) is 17.9 Å². The van der Waals surface area contributed by atoms with Gasteiger partial charge < -0.3 is 14.8 Å². The number of carbonyl (C=O) groups is 2. The van der Waals surface area contributed by atoms with Crippen LogP contribution >= 0.6 is 11.8 Å². The molecule has 0 radical (unpaired) electrons. The SMILES string of the molecule is O=C([C@H]1CCCN1C(=O)c1ccc2cc[nH]c2c1)N1CCSCC1. The van der Waals surface area contributed by atoms with Crippen LogP contribution in [0.4, 0.5) is 0 Å².